The van der Waals surface area contributed by atoms with E-state index >= 15 is 0 Å². The molecule has 5 nitrogen and oxygen atoms in total. The zero-order chi connectivity index (χ0) is 20.1. The third-order valence-electron chi connectivity index (χ3n) is 4.65. The number of hydrogen-bond donors (Lipinski definition) is 1. The van der Waals surface area contributed by atoms with Crippen molar-refractivity contribution in [1.29, 1.82) is 0 Å². The number of carbonyl (C=O) groups is 1. The predicted octanol–water partition coefficient (Wildman–Crippen LogP) is 4.64. The van der Waals surface area contributed by atoms with E-state index in [-0.39, 0.29) is 12.0 Å². The van der Waals surface area contributed by atoms with Crippen LogP contribution < -0.4 is 10.2 Å². The van der Waals surface area contributed by atoms with E-state index in [0.29, 0.717) is 18.2 Å². The van der Waals surface area contributed by atoms with Crippen LogP contribution in [0.1, 0.15) is 37.9 Å². The van der Waals surface area contributed by atoms with E-state index in [0.717, 1.165) is 22.6 Å². The monoisotopic (exact) mass is 400 g/mol. The smallest absolute Gasteiger partial charge is 0.329 e. The summed E-state index contributed by atoms with van der Waals surface area (Å²) in [4.78, 5) is 12.1. The first-order valence-electron chi connectivity index (χ1n) is 9.36. The highest BCUT2D eigenvalue weighted by atomic mass is 35.5. The van der Waals surface area contributed by atoms with Gasteiger partial charge in [0.15, 0.2) is 0 Å². The number of ether oxygens (including phenoxy) is 2. The Morgan fingerprint density at radius 2 is 2.00 bits per heavy atom. The minimum Gasteiger partial charge on any atom is -0.489 e. The van der Waals surface area contributed by atoms with Crippen LogP contribution in [0, 0.1) is 0 Å². The average molecular weight is 401 g/mol. The van der Waals surface area contributed by atoms with Crippen molar-refractivity contribution in [2.75, 3.05) is 6.61 Å². The van der Waals surface area contributed by atoms with Gasteiger partial charge >= 0.3 is 5.97 Å². The molecule has 1 aliphatic heterocycles. The summed E-state index contributed by atoms with van der Waals surface area (Å²) in [6.45, 7) is 6.62. The molecule has 2 aromatic rings. The zero-order valence-corrected chi connectivity index (χ0v) is 17.1. The van der Waals surface area contributed by atoms with Crippen LogP contribution in [0.4, 0.5) is 0 Å². The Balaban J connectivity index is 1.77. The minimum atomic E-state index is -0.490. The maximum absolute atomic E-state index is 12.1. The topological polar surface area (TPSA) is 50.8 Å². The Kier molecular flexibility index (Phi) is 6.60. The normalized spacial score (nSPS) is 17.2. The highest BCUT2D eigenvalue weighted by Crippen LogP contribution is 2.34. The fraction of sp³-hybridized carbons (Fsp3) is 0.318. The molecular weight excluding hydrogens is 376 g/mol. The molecule has 1 heterocycles. The summed E-state index contributed by atoms with van der Waals surface area (Å²) in [5, 5.41) is 2.58. The van der Waals surface area contributed by atoms with E-state index in [9.17, 15) is 4.79 Å². The molecule has 1 N–H and O–H groups in total. The number of nitrogens with zero attached hydrogens (tertiary/aromatic N) is 1. The number of nitrogens with one attached hydrogen (secondary N) is 1. The second-order valence-corrected chi connectivity index (χ2v) is 7.11. The van der Waals surface area contributed by atoms with Gasteiger partial charge in [-0.05, 0) is 50.6 Å². The van der Waals surface area contributed by atoms with Crippen LogP contribution in [0.25, 0.3) is 0 Å². The lowest BCUT2D eigenvalue weighted by molar-refractivity contribution is -0.145. The number of esters is 1. The molecule has 0 fully saturated rings. The first-order valence-corrected chi connectivity index (χ1v) is 9.74. The molecule has 148 valence electrons. The molecule has 0 aromatic heterocycles. The highest BCUT2D eigenvalue weighted by Gasteiger charge is 2.31. The van der Waals surface area contributed by atoms with Crippen molar-refractivity contribution in [1.82, 2.24) is 10.4 Å². The van der Waals surface area contributed by atoms with Crippen LogP contribution in [0.2, 0.25) is 5.02 Å². The number of halogens is 1. The molecule has 0 saturated heterocycles. The van der Waals surface area contributed by atoms with Gasteiger partial charge in [0.2, 0.25) is 0 Å². The second-order valence-electron chi connectivity index (χ2n) is 6.67. The quantitative estimate of drug-likeness (QED) is 0.686. The van der Waals surface area contributed by atoms with Crippen LogP contribution in [0.15, 0.2) is 60.3 Å². The van der Waals surface area contributed by atoms with E-state index in [2.05, 4.69) is 5.43 Å². The van der Waals surface area contributed by atoms with Gasteiger partial charge in [-0.15, -0.1) is 0 Å². The first kappa shape index (κ1) is 20.2. The molecule has 0 aliphatic carbocycles. The summed E-state index contributed by atoms with van der Waals surface area (Å²) in [7, 11) is 0. The maximum atomic E-state index is 12.1. The van der Waals surface area contributed by atoms with Gasteiger partial charge in [0.25, 0.3) is 0 Å². The molecule has 3 rings (SSSR count). The van der Waals surface area contributed by atoms with Gasteiger partial charge in [0, 0.05) is 16.3 Å². The van der Waals surface area contributed by atoms with Gasteiger partial charge in [0.05, 0.1) is 12.6 Å². The van der Waals surface area contributed by atoms with Crippen molar-refractivity contribution in [2.24, 2.45) is 0 Å². The van der Waals surface area contributed by atoms with Gasteiger partial charge in [0.1, 0.15) is 18.4 Å². The number of hydrazine groups is 1. The zero-order valence-electron chi connectivity index (χ0n) is 16.3. The van der Waals surface area contributed by atoms with Gasteiger partial charge in [-0.1, -0.05) is 41.9 Å². The Morgan fingerprint density at radius 1 is 1.25 bits per heavy atom. The number of benzene rings is 2. The second kappa shape index (κ2) is 9.13. The summed E-state index contributed by atoms with van der Waals surface area (Å²) in [6.07, 6.45) is 1.86. The minimum absolute atomic E-state index is 0.0971. The largest absolute Gasteiger partial charge is 0.489 e. The molecule has 2 unspecified atom stereocenters. The van der Waals surface area contributed by atoms with Gasteiger partial charge in [-0.25, -0.2) is 10.2 Å². The summed E-state index contributed by atoms with van der Waals surface area (Å²) in [5.41, 5.74) is 6.19. The van der Waals surface area contributed by atoms with Gasteiger partial charge in [-0.2, -0.15) is 0 Å². The summed E-state index contributed by atoms with van der Waals surface area (Å²) in [6, 6.07) is 15.0. The van der Waals surface area contributed by atoms with Crippen LogP contribution in [-0.4, -0.2) is 23.6 Å². The molecule has 2 aromatic carbocycles. The Labute approximate surface area is 170 Å². The van der Waals surface area contributed by atoms with Crippen molar-refractivity contribution in [2.45, 2.75) is 39.5 Å². The lowest BCUT2D eigenvalue weighted by atomic mass is 10.1. The third kappa shape index (κ3) is 4.66. The fourth-order valence-corrected chi connectivity index (χ4v) is 3.41. The van der Waals surface area contributed by atoms with Crippen LogP contribution >= 0.6 is 11.6 Å². The molecule has 0 bridgehead atoms. The molecule has 1 aliphatic rings. The standard InChI is InChI=1S/C22H25ClN2O3/c1-4-27-22(26)20-12-15(2)25(24-20)16(3)19-13-18(23)10-11-21(19)28-14-17-8-6-5-7-9-17/h5-13,16,20,24H,4,14H2,1-3H3. The van der Waals surface area contributed by atoms with Gasteiger partial charge < -0.3 is 14.5 Å². The summed E-state index contributed by atoms with van der Waals surface area (Å²) in [5.74, 6) is 0.470. The van der Waals surface area contributed by atoms with Crippen molar-refractivity contribution >= 4 is 17.6 Å². The van der Waals surface area contributed by atoms with E-state index in [1.165, 1.54) is 0 Å². The van der Waals surface area contributed by atoms with Crippen LogP contribution in [0.5, 0.6) is 5.75 Å². The van der Waals surface area contributed by atoms with Crippen molar-refractivity contribution < 1.29 is 14.3 Å². The van der Waals surface area contributed by atoms with Crippen molar-refractivity contribution in [3.63, 3.8) is 0 Å². The number of hydrogen-bond acceptors (Lipinski definition) is 5. The number of carbonyl (C=O) groups excluding carboxylic acids is 1. The lowest BCUT2D eigenvalue weighted by Gasteiger charge is -2.30. The molecule has 0 amide bonds. The molecule has 0 spiro atoms. The highest BCUT2D eigenvalue weighted by molar-refractivity contribution is 6.30. The van der Waals surface area contributed by atoms with Crippen molar-refractivity contribution in [3.05, 3.63) is 76.5 Å². The Hall–Kier alpha value is -2.50. The first-order chi connectivity index (χ1) is 13.5. The fourth-order valence-electron chi connectivity index (χ4n) is 3.23. The maximum Gasteiger partial charge on any atom is 0.329 e. The number of rotatable bonds is 7. The van der Waals surface area contributed by atoms with Gasteiger partial charge in [-0.3, -0.25) is 0 Å². The van der Waals surface area contributed by atoms with Crippen molar-refractivity contribution in [3.8, 4) is 5.75 Å². The molecular formula is C22H25ClN2O3. The lowest BCUT2D eigenvalue weighted by Crippen LogP contribution is -2.42. The average Bonchev–Trinajstić information content (AvgIpc) is 3.09. The molecule has 28 heavy (non-hydrogen) atoms. The summed E-state index contributed by atoms with van der Waals surface area (Å²) < 4.78 is 11.2. The van der Waals surface area contributed by atoms with Crippen LogP contribution in [-0.2, 0) is 16.1 Å². The summed E-state index contributed by atoms with van der Waals surface area (Å²) >= 11 is 6.26. The third-order valence-corrected chi connectivity index (χ3v) is 4.89. The predicted molar refractivity (Wildman–Crippen MR) is 110 cm³/mol. The number of allylic oxidation sites excluding steroid dienone is 1. The van der Waals surface area contributed by atoms with Crippen LogP contribution in [0.3, 0.4) is 0 Å². The molecule has 2 atom stereocenters. The molecule has 0 saturated carbocycles. The Morgan fingerprint density at radius 3 is 2.71 bits per heavy atom. The van der Waals surface area contributed by atoms with E-state index in [4.69, 9.17) is 21.1 Å². The van der Waals surface area contributed by atoms with E-state index < -0.39 is 6.04 Å². The Bertz CT molecular complexity index is 854. The SMILES string of the molecule is CCOC(=O)C1C=C(C)N(C(C)c2cc(Cl)ccc2OCc2ccccc2)N1. The van der Waals surface area contributed by atoms with E-state index in [1.54, 1.807) is 6.92 Å². The van der Waals surface area contributed by atoms with E-state index in [1.807, 2.05) is 73.5 Å². The molecule has 6 heteroatoms. The molecule has 0 radical (unpaired) electrons.